The number of nitrogens with one attached hydrogen (secondary N) is 1. The molecule has 146 valence electrons. The highest BCUT2D eigenvalue weighted by molar-refractivity contribution is 8.01. The van der Waals surface area contributed by atoms with E-state index in [0.29, 0.717) is 34.5 Å². The van der Waals surface area contributed by atoms with Crippen molar-refractivity contribution in [2.45, 2.75) is 37.6 Å². The van der Waals surface area contributed by atoms with E-state index in [0.717, 1.165) is 6.42 Å². The zero-order chi connectivity index (χ0) is 19.8. The molecule has 1 aromatic rings. The number of para-hydroxylation sites is 1. The summed E-state index contributed by atoms with van der Waals surface area (Å²) in [6.07, 6.45) is 1.21. The summed E-state index contributed by atoms with van der Waals surface area (Å²) in [6.45, 7) is 4.04. The highest BCUT2D eigenvalue weighted by atomic mass is 35.5. The van der Waals surface area contributed by atoms with Gasteiger partial charge >= 0.3 is 0 Å². The summed E-state index contributed by atoms with van der Waals surface area (Å²) in [5, 5.41) is 3.33. The van der Waals surface area contributed by atoms with Crippen LogP contribution in [0.1, 0.15) is 26.7 Å². The zero-order valence-corrected chi connectivity index (χ0v) is 17.5. The van der Waals surface area contributed by atoms with Crippen LogP contribution in [0, 0.1) is 0 Å². The number of halogens is 2. The van der Waals surface area contributed by atoms with E-state index in [4.69, 9.17) is 23.2 Å². The van der Waals surface area contributed by atoms with Crippen LogP contribution in [0.15, 0.2) is 18.2 Å². The summed E-state index contributed by atoms with van der Waals surface area (Å²) in [5.74, 6) is -0.0369. The van der Waals surface area contributed by atoms with Crippen molar-refractivity contribution in [2.75, 3.05) is 24.2 Å². The zero-order valence-electron chi connectivity index (χ0n) is 15.1. The van der Waals surface area contributed by atoms with Crippen LogP contribution in [0.3, 0.4) is 0 Å². The van der Waals surface area contributed by atoms with Gasteiger partial charge in [-0.05, 0) is 32.4 Å². The number of carbonyl (C=O) groups excluding carboxylic acids is 3. The van der Waals surface area contributed by atoms with Gasteiger partial charge < -0.3 is 15.1 Å². The van der Waals surface area contributed by atoms with Gasteiger partial charge in [0.15, 0.2) is 0 Å². The van der Waals surface area contributed by atoms with E-state index < -0.39 is 6.04 Å². The third-order valence-corrected chi connectivity index (χ3v) is 7.12. The Morgan fingerprint density at radius 1 is 1.37 bits per heavy atom. The lowest BCUT2D eigenvalue weighted by molar-refractivity contribution is -0.144. The molecule has 0 aromatic heterocycles. The molecular weight excluding hydrogens is 409 g/mol. The largest absolute Gasteiger partial charge is 0.332 e. The Kier molecular flexibility index (Phi) is 5.93. The number of hydrogen-bond donors (Lipinski definition) is 1. The van der Waals surface area contributed by atoms with Gasteiger partial charge in [0.25, 0.3) is 0 Å². The maximum absolute atomic E-state index is 13.0. The van der Waals surface area contributed by atoms with E-state index in [1.807, 2.05) is 6.92 Å². The number of likely N-dealkylation sites (N-methyl/N-ethyl adjacent to an activating group) is 1. The predicted octanol–water partition coefficient (Wildman–Crippen LogP) is 3.23. The number of rotatable bonds is 5. The molecule has 0 radical (unpaired) electrons. The molecule has 2 fully saturated rings. The number of thioether (sulfide) groups is 1. The van der Waals surface area contributed by atoms with Crippen LogP contribution in [-0.2, 0) is 14.4 Å². The summed E-state index contributed by atoms with van der Waals surface area (Å²) in [4.78, 5) is 40.6. The summed E-state index contributed by atoms with van der Waals surface area (Å²) < 4.78 is 0. The molecule has 0 spiro atoms. The topological polar surface area (TPSA) is 69.7 Å². The lowest BCUT2D eigenvalue weighted by Crippen LogP contribution is -2.52. The van der Waals surface area contributed by atoms with Gasteiger partial charge in [0, 0.05) is 18.7 Å². The monoisotopic (exact) mass is 429 g/mol. The fraction of sp³-hybridized carbons (Fsp3) is 0.500. The Bertz CT molecular complexity index is 771. The number of fused-ring (bicyclic) bond motifs is 1. The average molecular weight is 430 g/mol. The minimum Gasteiger partial charge on any atom is -0.332 e. The first-order valence-electron chi connectivity index (χ1n) is 8.75. The molecule has 2 saturated heterocycles. The lowest BCUT2D eigenvalue weighted by atomic mass is 10.2. The summed E-state index contributed by atoms with van der Waals surface area (Å²) >= 11 is 13.8. The van der Waals surface area contributed by atoms with Gasteiger partial charge in [-0.1, -0.05) is 29.3 Å². The van der Waals surface area contributed by atoms with Crippen molar-refractivity contribution in [3.8, 4) is 0 Å². The minimum atomic E-state index is -0.522. The molecule has 0 saturated carbocycles. The maximum atomic E-state index is 13.0. The molecule has 2 heterocycles. The third-order valence-electron chi connectivity index (χ3n) is 4.98. The molecule has 2 atom stereocenters. The van der Waals surface area contributed by atoms with Gasteiger partial charge in [-0.25, -0.2) is 0 Å². The molecule has 3 amide bonds. The molecule has 0 bridgehead atoms. The van der Waals surface area contributed by atoms with Gasteiger partial charge in [0.2, 0.25) is 17.7 Å². The van der Waals surface area contributed by atoms with Crippen molar-refractivity contribution in [3.63, 3.8) is 0 Å². The van der Waals surface area contributed by atoms with Crippen molar-refractivity contribution in [1.29, 1.82) is 0 Å². The van der Waals surface area contributed by atoms with Crippen LogP contribution in [0.2, 0.25) is 10.0 Å². The molecule has 1 aromatic carbocycles. The van der Waals surface area contributed by atoms with E-state index in [1.165, 1.54) is 4.90 Å². The fourth-order valence-corrected chi connectivity index (χ4v) is 5.44. The van der Waals surface area contributed by atoms with Gasteiger partial charge in [-0.15, -0.1) is 11.8 Å². The van der Waals surface area contributed by atoms with Crippen molar-refractivity contribution >= 4 is 58.4 Å². The first-order valence-corrected chi connectivity index (χ1v) is 10.5. The van der Waals surface area contributed by atoms with Crippen LogP contribution in [0.25, 0.3) is 0 Å². The Morgan fingerprint density at radius 3 is 2.67 bits per heavy atom. The molecule has 3 rings (SSSR count). The van der Waals surface area contributed by atoms with Crippen molar-refractivity contribution in [2.24, 2.45) is 0 Å². The Hall–Kier alpha value is -1.44. The highest BCUT2D eigenvalue weighted by Gasteiger charge is 2.53. The first kappa shape index (κ1) is 20.3. The van der Waals surface area contributed by atoms with Crippen molar-refractivity contribution in [3.05, 3.63) is 28.2 Å². The van der Waals surface area contributed by atoms with Gasteiger partial charge in [-0.2, -0.15) is 0 Å². The fourth-order valence-electron chi connectivity index (χ4n) is 3.53. The Balaban J connectivity index is 1.69. The summed E-state index contributed by atoms with van der Waals surface area (Å²) in [6, 6.07) is 4.42. The SMILES string of the molecule is CCN(CC(=O)Nc1c(Cl)cccc1Cl)C(=O)C1CSC2(C)CCC(=O)N12. The van der Waals surface area contributed by atoms with Crippen LogP contribution in [-0.4, -0.2) is 57.3 Å². The Labute approximate surface area is 172 Å². The molecule has 27 heavy (non-hydrogen) atoms. The van der Waals surface area contributed by atoms with E-state index in [2.05, 4.69) is 5.32 Å². The molecular formula is C18H21Cl2N3O3S. The van der Waals surface area contributed by atoms with E-state index in [9.17, 15) is 14.4 Å². The highest BCUT2D eigenvalue weighted by Crippen LogP contribution is 2.47. The van der Waals surface area contributed by atoms with Crippen molar-refractivity contribution < 1.29 is 14.4 Å². The van der Waals surface area contributed by atoms with Crippen LogP contribution >= 0.6 is 35.0 Å². The van der Waals surface area contributed by atoms with Crippen LogP contribution in [0.4, 0.5) is 5.69 Å². The number of carbonyl (C=O) groups is 3. The number of nitrogens with zero attached hydrogens (tertiary/aromatic N) is 2. The van der Waals surface area contributed by atoms with Crippen LogP contribution < -0.4 is 5.32 Å². The van der Waals surface area contributed by atoms with Gasteiger partial charge in [0.05, 0.1) is 27.1 Å². The first-order chi connectivity index (χ1) is 12.8. The number of amides is 3. The molecule has 2 aliphatic rings. The van der Waals surface area contributed by atoms with Gasteiger partial charge in [-0.3, -0.25) is 14.4 Å². The van der Waals surface area contributed by atoms with Gasteiger partial charge in [0.1, 0.15) is 6.04 Å². The van der Waals surface area contributed by atoms with E-state index in [-0.39, 0.29) is 29.1 Å². The molecule has 6 nitrogen and oxygen atoms in total. The number of hydrogen-bond acceptors (Lipinski definition) is 4. The molecule has 9 heteroatoms. The average Bonchev–Trinajstić information content (AvgIpc) is 3.12. The number of benzene rings is 1. The molecule has 0 aliphatic carbocycles. The molecule has 2 aliphatic heterocycles. The quantitative estimate of drug-likeness (QED) is 0.779. The van der Waals surface area contributed by atoms with Crippen LogP contribution in [0.5, 0.6) is 0 Å². The minimum absolute atomic E-state index is 0.00389. The second-order valence-electron chi connectivity index (χ2n) is 6.76. The summed E-state index contributed by atoms with van der Waals surface area (Å²) in [5.41, 5.74) is 0.327. The third kappa shape index (κ3) is 3.91. The Morgan fingerprint density at radius 2 is 2.04 bits per heavy atom. The summed E-state index contributed by atoms with van der Waals surface area (Å²) in [7, 11) is 0. The molecule has 2 unspecified atom stereocenters. The van der Waals surface area contributed by atoms with E-state index in [1.54, 1.807) is 41.8 Å². The van der Waals surface area contributed by atoms with Crippen molar-refractivity contribution in [1.82, 2.24) is 9.80 Å². The number of anilines is 1. The standard InChI is InChI=1S/C18H21Cl2N3O3S/c1-3-22(9-14(24)21-16-11(19)5-4-6-12(16)20)17(26)13-10-27-18(2)8-7-15(25)23(13)18/h4-6,13H,3,7-10H2,1-2H3,(H,21,24). The lowest BCUT2D eigenvalue weighted by Gasteiger charge is -2.32. The predicted molar refractivity (Wildman–Crippen MR) is 108 cm³/mol. The van der Waals surface area contributed by atoms with E-state index >= 15 is 0 Å². The smallest absolute Gasteiger partial charge is 0.246 e. The molecule has 1 N–H and O–H groups in total. The maximum Gasteiger partial charge on any atom is 0.246 e. The normalized spacial score (nSPS) is 24.1. The second-order valence-corrected chi connectivity index (χ2v) is 9.08. The second kappa shape index (κ2) is 7.89.